The monoisotopic (exact) mass is 411 g/mol. The molecule has 0 atom stereocenters. The fourth-order valence-corrected chi connectivity index (χ4v) is 4.54. The van der Waals surface area contributed by atoms with Crippen molar-refractivity contribution in [2.75, 3.05) is 6.61 Å². The van der Waals surface area contributed by atoms with Gasteiger partial charge in [-0.1, -0.05) is 70.2 Å². The molecule has 154 valence electrons. The Kier molecular flexibility index (Phi) is 6.19. The summed E-state index contributed by atoms with van der Waals surface area (Å²) in [6, 6.07) is 4.36. The Morgan fingerprint density at radius 3 is 2.59 bits per heavy atom. The minimum atomic E-state index is -0.331. The van der Waals surface area contributed by atoms with Gasteiger partial charge in [0, 0.05) is 17.2 Å². The summed E-state index contributed by atoms with van der Waals surface area (Å²) in [4.78, 5) is 16.6. The molecule has 0 heterocycles. The molecule has 1 aromatic rings. The van der Waals surface area contributed by atoms with Crippen molar-refractivity contribution in [3.8, 4) is 0 Å². The molecule has 0 radical (unpaired) electrons. The summed E-state index contributed by atoms with van der Waals surface area (Å²) in [6.45, 7) is 13.5. The van der Waals surface area contributed by atoms with Crippen LogP contribution in [-0.2, 0) is 26.9 Å². The first kappa shape index (κ1) is 21.6. The van der Waals surface area contributed by atoms with E-state index in [4.69, 9.17) is 21.3 Å². The maximum absolute atomic E-state index is 11.9. The molecule has 0 aromatic heterocycles. The van der Waals surface area contributed by atoms with Crippen LogP contribution in [0.4, 0.5) is 0 Å². The van der Waals surface area contributed by atoms with Crippen LogP contribution < -0.4 is 0 Å². The van der Waals surface area contributed by atoms with Crippen LogP contribution in [0.1, 0.15) is 63.6 Å². The molecule has 0 fully saturated rings. The van der Waals surface area contributed by atoms with Crippen molar-refractivity contribution in [3.63, 3.8) is 0 Å². The number of carbonyl (C=O) groups excluding carboxylic acids is 1. The number of rotatable bonds is 5. The van der Waals surface area contributed by atoms with Crippen molar-refractivity contribution < 1.29 is 9.53 Å². The third-order valence-corrected chi connectivity index (χ3v) is 6.44. The number of hydrogen-bond donors (Lipinski definition) is 0. The lowest BCUT2D eigenvalue weighted by Crippen LogP contribution is -2.34. The molecule has 0 N–H and O–H groups in total. The molecular formula is C25H30ClNO2. The number of fused-ring (bicyclic) bond motifs is 1. The number of esters is 1. The van der Waals surface area contributed by atoms with Crippen LogP contribution in [-0.4, -0.2) is 18.3 Å². The maximum Gasteiger partial charge on any atom is 0.338 e. The second-order valence-corrected chi connectivity index (χ2v) is 9.50. The number of aliphatic imine (C=N–C) groups is 1. The van der Waals surface area contributed by atoms with Crippen molar-refractivity contribution in [1.29, 1.82) is 0 Å². The zero-order chi connectivity index (χ0) is 21.2. The lowest BCUT2D eigenvalue weighted by molar-refractivity contribution is -0.137. The van der Waals surface area contributed by atoms with Crippen LogP contribution in [0, 0.1) is 0 Å². The normalized spacial score (nSPS) is 20.7. The number of allylic oxidation sites excluding steroid dienone is 2. The SMILES string of the molecule is C=CCOC(=O)C1=CCC(=NCc2ccc3c(c2Cl)C(C)(C)CCC3(C)C)C=C1. The molecule has 2 aliphatic carbocycles. The fourth-order valence-electron chi connectivity index (χ4n) is 4.06. The molecule has 3 nitrogen and oxygen atoms in total. The average Bonchev–Trinajstić information content (AvgIpc) is 2.69. The highest BCUT2D eigenvalue weighted by molar-refractivity contribution is 6.32. The van der Waals surface area contributed by atoms with Crippen molar-refractivity contribution in [1.82, 2.24) is 0 Å². The van der Waals surface area contributed by atoms with Gasteiger partial charge in [0.05, 0.1) is 12.1 Å². The minimum absolute atomic E-state index is 0.0687. The van der Waals surface area contributed by atoms with Gasteiger partial charge in [-0.2, -0.15) is 0 Å². The van der Waals surface area contributed by atoms with Crippen LogP contribution >= 0.6 is 11.6 Å². The summed E-state index contributed by atoms with van der Waals surface area (Å²) >= 11 is 6.90. The van der Waals surface area contributed by atoms with Gasteiger partial charge in [0.15, 0.2) is 0 Å². The van der Waals surface area contributed by atoms with Crippen LogP contribution in [0.25, 0.3) is 0 Å². The summed E-state index contributed by atoms with van der Waals surface area (Å²) in [5, 5.41) is 0.855. The van der Waals surface area contributed by atoms with E-state index in [1.807, 2.05) is 12.2 Å². The van der Waals surface area contributed by atoms with Gasteiger partial charge in [-0.05, 0) is 52.5 Å². The Balaban J connectivity index is 1.78. The van der Waals surface area contributed by atoms with Gasteiger partial charge in [0.1, 0.15) is 6.61 Å². The first-order valence-electron chi connectivity index (χ1n) is 10.2. The summed E-state index contributed by atoms with van der Waals surface area (Å²) in [5.74, 6) is -0.331. The average molecular weight is 412 g/mol. The fraction of sp³-hybridized carbons (Fsp3) is 0.440. The smallest absolute Gasteiger partial charge is 0.338 e. The van der Waals surface area contributed by atoms with Crippen molar-refractivity contribution in [2.24, 2.45) is 4.99 Å². The van der Waals surface area contributed by atoms with Crippen molar-refractivity contribution in [3.05, 3.63) is 70.3 Å². The van der Waals surface area contributed by atoms with E-state index in [0.717, 1.165) is 22.7 Å². The van der Waals surface area contributed by atoms with Crippen molar-refractivity contribution >= 4 is 23.3 Å². The highest BCUT2D eigenvalue weighted by Gasteiger charge is 2.38. The Morgan fingerprint density at radius 2 is 1.93 bits per heavy atom. The molecule has 29 heavy (non-hydrogen) atoms. The molecule has 3 rings (SSSR count). The quantitative estimate of drug-likeness (QED) is 0.424. The van der Waals surface area contributed by atoms with Crippen LogP contribution in [0.5, 0.6) is 0 Å². The van der Waals surface area contributed by atoms with Gasteiger partial charge in [-0.25, -0.2) is 4.79 Å². The van der Waals surface area contributed by atoms with E-state index >= 15 is 0 Å². The molecule has 1 aromatic carbocycles. The largest absolute Gasteiger partial charge is 0.458 e. The van der Waals surface area contributed by atoms with E-state index in [1.54, 1.807) is 12.2 Å². The van der Waals surface area contributed by atoms with Gasteiger partial charge in [-0.3, -0.25) is 4.99 Å². The Bertz CT molecular complexity index is 919. The second kappa shape index (κ2) is 8.31. The standard InChI is InChI=1S/C25H30ClNO2/c1-6-15-29-23(28)17-7-10-19(11-8-17)27-16-18-9-12-20-21(22(18)26)25(4,5)14-13-24(20,2)3/h6-10,12H,1,11,13-16H2,2-5H3. The second-order valence-electron chi connectivity index (χ2n) is 9.12. The Hall–Kier alpha value is -2.13. The Labute approximate surface area is 179 Å². The molecule has 0 aliphatic heterocycles. The third-order valence-electron chi connectivity index (χ3n) is 6.01. The maximum atomic E-state index is 11.9. The number of nitrogens with zero attached hydrogens (tertiary/aromatic N) is 1. The summed E-state index contributed by atoms with van der Waals surface area (Å²) in [7, 11) is 0. The van der Waals surface area contributed by atoms with Gasteiger partial charge in [0.2, 0.25) is 0 Å². The van der Waals surface area contributed by atoms with E-state index in [0.29, 0.717) is 18.5 Å². The number of carbonyl (C=O) groups is 1. The molecule has 0 amide bonds. The number of hydrogen-bond acceptors (Lipinski definition) is 3. The molecule has 0 saturated carbocycles. The topological polar surface area (TPSA) is 38.7 Å². The van der Waals surface area contributed by atoms with Gasteiger partial charge in [0.25, 0.3) is 0 Å². The van der Waals surface area contributed by atoms with Gasteiger partial charge < -0.3 is 4.74 Å². The van der Waals surface area contributed by atoms with Gasteiger partial charge in [-0.15, -0.1) is 0 Å². The van der Waals surface area contributed by atoms with E-state index in [1.165, 1.54) is 17.5 Å². The number of halogens is 1. The van der Waals surface area contributed by atoms with E-state index in [9.17, 15) is 4.79 Å². The zero-order valence-electron chi connectivity index (χ0n) is 17.8. The molecule has 0 unspecified atom stereocenters. The molecular weight excluding hydrogens is 382 g/mol. The predicted octanol–water partition coefficient (Wildman–Crippen LogP) is 6.25. The Morgan fingerprint density at radius 1 is 1.21 bits per heavy atom. The first-order chi connectivity index (χ1) is 13.7. The minimum Gasteiger partial charge on any atom is -0.458 e. The molecule has 0 spiro atoms. The van der Waals surface area contributed by atoms with Gasteiger partial charge >= 0.3 is 5.97 Å². The number of benzene rings is 1. The van der Waals surface area contributed by atoms with Crippen LogP contribution in [0.2, 0.25) is 5.02 Å². The molecule has 2 aliphatic rings. The summed E-state index contributed by atoms with van der Waals surface area (Å²) in [6.07, 6.45) is 9.95. The first-order valence-corrected chi connectivity index (χ1v) is 10.6. The highest BCUT2D eigenvalue weighted by atomic mass is 35.5. The number of ether oxygens (including phenoxy) is 1. The molecule has 0 bridgehead atoms. The van der Waals surface area contributed by atoms with E-state index < -0.39 is 0 Å². The highest BCUT2D eigenvalue weighted by Crippen LogP contribution is 2.49. The van der Waals surface area contributed by atoms with E-state index in [-0.39, 0.29) is 23.4 Å². The van der Waals surface area contributed by atoms with E-state index in [2.05, 4.69) is 46.4 Å². The molecule has 0 saturated heterocycles. The predicted molar refractivity (Wildman–Crippen MR) is 121 cm³/mol. The summed E-state index contributed by atoms with van der Waals surface area (Å²) < 4.78 is 5.07. The lowest BCUT2D eigenvalue weighted by Gasteiger charge is -2.42. The molecule has 4 heteroatoms. The third kappa shape index (κ3) is 4.56. The zero-order valence-corrected chi connectivity index (χ0v) is 18.6. The van der Waals surface area contributed by atoms with Crippen molar-refractivity contribution in [2.45, 2.75) is 64.3 Å². The van der Waals surface area contributed by atoms with Crippen LogP contribution in [0.15, 0.2) is 53.6 Å². The van der Waals surface area contributed by atoms with Crippen LogP contribution in [0.3, 0.4) is 0 Å². The summed E-state index contributed by atoms with van der Waals surface area (Å²) in [5.41, 5.74) is 5.39. The lowest BCUT2D eigenvalue weighted by atomic mass is 9.63.